The van der Waals surface area contributed by atoms with Crippen LogP contribution < -0.4 is 16.0 Å². The van der Waals surface area contributed by atoms with Gasteiger partial charge in [0.2, 0.25) is 0 Å². The molecule has 0 spiro atoms. The molecular formula is C20H28ClIN4O. The smallest absolute Gasteiger partial charge is 0.191 e. The zero-order valence-corrected chi connectivity index (χ0v) is 18.9. The monoisotopic (exact) mass is 502 g/mol. The lowest BCUT2D eigenvalue weighted by Crippen LogP contribution is -2.36. The number of rotatable bonds is 9. The minimum absolute atomic E-state index is 0. The highest BCUT2D eigenvalue weighted by atomic mass is 127. The third-order valence-corrected chi connectivity index (χ3v) is 4.13. The minimum atomic E-state index is 0. The Kier molecular flexibility index (Phi) is 11.9. The molecule has 0 unspecified atom stereocenters. The molecule has 0 amide bonds. The van der Waals surface area contributed by atoms with E-state index in [0.717, 1.165) is 40.9 Å². The maximum Gasteiger partial charge on any atom is 0.191 e. The first-order valence-electron chi connectivity index (χ1n) is 8.80. The first-order valence-corrected chi connectivity index (χ1v) is 9.18. The zero-order chi connectivity index (χ0) is 18.6. The average molecular weight is 503 g/mol. The van der Waals surface area contributed by atoms with Gasteiger partial charge in [-0.15, -0.1) is 24.0 Å². The van der Waals surface area contributed by atoms with Crippen LogP contribution in [0.1, 0.15) is 18.1 Å². The molecule has 27 heavy (non-hydrogen) atoms. The fraction of sp³-hybridized carbons (Fsp3) is 0.350. The van der Waals surface area contributed by atoms with Gasteiger partial charge in [0.15, 0.2) is 5.96 Å². The maximum absolute atomic E-state index is 6.20. The van der Waals surface area contributed by atoms with E-state index < -0.39 is 0 Å². The Morgan fingerprint density at radius 1 is 1.07 bits per heavy atom. The fourth-order valence-corrected chi connectivity index (χ4v) is 2.56. The van der Waals surface area contributed by atoms with Gasteiger partial charge in [0.05, 0.1) is 13.2 Å². The number of aliphatic imine (C=N–C) groups is 1. The first-order chi connectivity index (χ1) is 12.7. The second kappa shape index (κ2) is 13.6. The summed E-state index contributed by atoms with van der Waals surface area (Å²) >= 11 is 6.20. The molecule has 0 aromatic heterocycles. The quantitative estimate of drug-likeness (QED) is 0.207. The number of nitrogens with one attached hydrogen (secondary N) is 3. The SMILES string of the molecule is CCNC(=NCc1ccc(NCCOC)cc1)NCc1ccccc1Cl.I. The van der Waals surface area contributed by atoms with Crippen LogP contribution in [0.25, 0.3) is 0 Å². The molecule has 0 aliphatic rings. The molecule has 0 bridgehead atoms. The highest BCUT2D eigenvalue weighted by molar-refractivity contribution is 14.0. The summed E-state index contributed by atoms with van der Waals surface area (Å²) in [7, 11) is 1.70. The second-order valence-corrected chi connectivity index (χ2v) is 6.16. The second-order valence-electron chi connectivity index (χ2n) is 5.76. The Hall–Kier alpha value is -1.51. The Labute approximate surface area is 184 Å². The number of hydrogen-bond donors (Lipinski definition) is 3. The number of guanidine groups is 1. The van der Waals surface area contributed by atoms with Crippen LogP contribution >= 0.6 is 35.6 Å². The van der Waals surface area contributed by atoms with Crippen LogP contribution in [0.3, 0.4) is 0 Å². The van der Waals surface area contributed by atoms with Gasteiger partial charge in [0.25, 0.3) is 0 Å². The molecule has 0 aliphatic heterocycles. The molecule has 3 N–H and O–H groups in total. The van der Waals surface area contributed by atoms with Gasteiger partial charge >= 0.3 is 0 Å². The molecule has 0 heterocycles. The van der Waals surface area contributed by atoms with Gasteiger partial charge < -0.3 is 20.7 Å². The normalized spacial score (nSPS) is 10.9. The summed E-state index contributed by atoms with van der Waals surface area (Å²) in [6.45, 7) is 5.58. The van der Waals surface area contributed by atoms with Crippen LogP contribution in [0.4, 0.5) is 5.69 Å². The third-order valence-electron chi connectivity index (χ3n) is 3.76. The lowest BCUT2D eigenvalue weighted by Gasteiger charge is -2.12. The van der Waals surface area contributed by atoms with Crippen LogP contribution in [0.2, 0.25) is 5.02 Å². The summed E-state index contributed by atoms with van der Waals surface area (Å²) in [5.41, 5.74) is 3.28. The van der Waals surface area contributed by atoms with Gasteiger partial charge in [-0.05, 0) is 36.2 Å². The highest BCUT2D eigenvalue weighted by Crippen LogP contribution is 2.14. The zero-order valence-electron chi connectivity index (χ0n) is 15.8. The van der Waals surface area contributed by atoms with Crippen LogP contribution in [0.5, 0.6) is 0 Å². The van der Waals surface area contributed by atoms with Crippen LogP contribution in [-0.2, 0) is 17.8 Å². The Morgan fingerprint density at radius 3 is 2.48 bits per heavy atom. The summed E-state index contributed by atoms with van der Waals surface area (Å²) in [6, 6.07) is 16.1. The molecule has 0 fully saturated rings. The van der Waals surface area contributed by atoms with Gasteiger partial charge in [-0.3, -0.25) is 0 Å². The van der Waals surface area contributed by atoms with Crippen molar-refractivity contribution in [1.29, 1.82) is 0 Å². The van der Waals surface area contributed by atoms with Crippen LogP contribution in [0, 0.1) is 0 Å². The lowest BCUT2D eigenvalue weighted by molar-refractivity contribution is 0.211. The van der Waals surface area contributed by atoms with Gasteiger partial charge in [-0.1, -0.05) is 41.9 Å². The van der Waals surface area contributed by atoms with Crippen molar-refractivity contribution >= 4 is 47.2 Å². The van der Waals surface area contributed by atoms with Crippen LogP contribution in [0.15, 0.2) is 53.5 Å². The molecule has 5 nitrogen and oxygen atoms in total. The Bertz CT molecular complexity index is 695. The third kappa shape index (κ3) is 8.81. The molecule has 2 rings (SSSR count). The first kappa shape index (κ1) is 23.5. The van der Waals surface area contributed by atoms with Gasteiger partial charge in [-0.25, -0.2) is 4.99 Å². The van der Waals surface area contributed by atoms with E-state index >= 15 is 0 Å². The molecule has 0 saturated carbocycles. The molecular weight excluding hydrogens is 475 g/mol. The predicted molar refractivity (Wildman–Crippen MR) is 125 cm³/mol. The largest absolute Gasteiger partial charge is 0.383 e. The number of nitrogens with zero attached hydrogens (tertiary/aromatic N) is 1. The van der Waals surface area contributed by atoms with Gasteiger partial charge in [0.1, 0.15) is 0 Å². The fourth-order valence-electron chi connectivity index (χ4n) is 2.36. The molecule has 0 atom stereocenters. The summed E-state index contributed by atoms with van der Waals surface area (Å²) in [6.07, 6.45) is 0. The molecule has 2 aromatic carbocycles. The van der Waals surface area contributed by atoms with E-state index in [4.69, 9.17) is 16.3 Å². The predicted octanol–water partition coefficient (Wildman–Crippen LogP) is 4.27. The van der Waals surface area contributed by atoms with Crippen molar-refractivity contribution in [1.82, 2.24) is 10.6 Å². The number of ether oxygens (including phenoxy) is 1. The minimum Gasteiger partial charge on any atom is -0.383 e. The van der Waals surface area contributed by atoms with E-state index in [1.807, 2.05) is 31.2 Å². The molecule has 2 aromatic rings. The highest BCUT2D eigenvalue weighted by Gasteiger charge is 2.02. The molecule has 0 aliphatic carbocycles. The summed E-state index contributed by atoms with van der Waals surface area (Å²) in [5.74, 6) is 0.773. The van der Waals surface area contributed by atoms with Crippen molar-refractivity contribution in [3.05, 3.63) is 64.7 Å². The molecule has 7 heteroatoms. The van der Waals surface area contributed by atoms with Gasteiger partial charge in [-0.2, -0.15) is 0 Å². The van der Waals surface area contributed by atoms with E-state index in [1.165, 1.54) is 0 Å². The molecule has 148 valence electrons. The number of halogens is 2. The van der Waals surface area contributed by atoms with E-state index in [-0.39, 0.29) is 24.0 Å². The number of anilines is 1. The van der Waals surface area contributed by atoms with E-state index in [9.17, 15) is 0 Å². The molecule has 0 saturated heterocycles. The lowest BCUT2D eigenvalue weighted by atomic mass is 10.2. The summed E-state index contributed by atoms with van der Waals surface area (Å²) in [4.78, 5) is 4.64. The topological polar surface area (TPSA) is 57.7 Å². The summed E-state index contributed by atoms with van der Waals surface area (Å²) in [5, 5.41) is 10.6. The van der Waals surface area contributed by atoms with Crippen molar-refractivity contribution in [2.45, 2.75) is 20.0 Å². The van der Waals surface area contributed by atoms with Gasteiger partial charge in [0, 0.05) is 37.5 Å². The number of hydrogen-bond acceptors (Lipinski definition) is 3. The number of methoxy groups -OCH3 is 1. The van der Waals surface area contributed by atoms with E-state index in [1.54, 1.807) is 7.11 Å². The van der Waals surface area contributed by atoms with Crippen molar-refractivity contribution in [3.8, 4) is 0 Å². The summed E-state index contributed by atoms with van der Waals surface area (Å²) < 4.78 is 5.04. The van der Waals surface area contributed by atoms with Crippen molar-refractivity contribution in [2.75, 3.05) is 32.1 Å². The number of benzene rings is 2. The van der Waals surface area contributed by atoms with E-state index in [2.05, 4.69) is 45.2 Å². The van der Waals surface area contributed by atoms with Crippen molar-refractivity contribution in [3.63, 3.8) is 0 Å². The van der Waals surface area contributed by atoms with Crippen molar-refractivity contribution in [2.24, 2.45) is 4.99 Å². The average Bonchev–Trinajstić information content (AvgIpc) is 2.66. The Morgan fingerprint density at radius 2 is 1.81 bits per heavy atom. The molecule has 0 radical (unpaired) electrons. The van der Waals surface area contributed by atoms with Crippen molar-refractivity contribution < 1.29 is 4.74 Å². The Balaban J connectivity index is 0.00000364. The van der Waals surface area contributed by atoms with Crippen LogP contribution in [-0.4, -0.2) is 32.8 Å². The maximum atomic E-state index is 6.20. The standard InChI is InChI=1S/C20H27ClN4O.HI/c1-3-22-20(25-15-17-6-4-5-7-19(17)21)24-14-16-8-10-18(11-9-16)23-12-13-26-2;/h4-11,23H,3,12-15H2,1-2H3,(H2,22,24,25);1H. The van der Waals surface area contributed by atoms with E-state index in [0.29, 0.717) is 19.7 Å².